The summed E-state index contributed by atoms with van der Waals surface area (Å²) < 4.78 is 26.2. The summed E-state index contributed by atoms with van der Waals surface area (Å²) in [4.78, 5) is 0. The smallest absolute Gasteiger partial charge is 0.211 e. The molecule has 0 aliphatic heterocycles. The molecule has 2 fully saturated rings. The Morgan fingerprint density at radius 2 is 1.89 bits per heavy atom. The van der Waals surface area contributed by atoms with Gasteiger partial charge in [0, 0.05) is 12.6 Å². The number of hydrogen-bond acceptors (Lipinski definition) is 3. The molecule has 2 aliphatic carbocycles. The lowest BCUT2D eigenvalue weighted by Gasteiger charge is -2.08. The van der Waals surface area contributed by atoms with Crippen LogP contribution in [0, 0.1) is 11.3 Å². The Hall–Kier alpha value is -0.130. The van der Waals surface area contributed by atoms with E-state index < -0.39 is 10.0 Å². The van der Waals surface area contributed by atoms with Crippen molar-refractivity contribution in [1.82, 2.24) is 10.0 Å². The largest absolute Gasteiger partial charge is 0.314 e. The summed E-state index contributed by atoms with van der Waals surface area (Å²) in [6, 6.07) is 0.719. The quantitative estimate of drug-likeness (QED) is 0.626. The molecule has 0 aromatic rings. The minimum atomic E-state index is -3.05. The number of nitrogens with one attached hydrogen (secondary N) is 2. The Morgan fingerprint density at radius 3 is 2.44 bits per heavy atom. The summed E-state index contributed by atoms with van der Waals surface area (Å²) in [5.74, 6) is 0.802. The van der Waals surface area contributed by atoms with Gasteiger partial charge in [0.15, 0.2) is 0 Å². The first kappa shape index (κ1) is 14.3. The van der Waals surface area contributed by atoms with E-state index in [-0.39, 0.29) is 5.75 Å². The molecule has 0 saturated heterocycles. The van der Waals surface area contributed by atoms with Gasteiger partial charge in [-0.05, 0) is 50.0 Å². The monoisotopic (exact) mass is 274 g/mol. The first-order valence-corrected chi connectivity index (χ1v) is 8.75. The maximum atomic E-state index is 11.8. The molecular formula is C13H26N2O2S. The molecule has 5 heteroatoms. The standard InChI is InChI=1S/C13H26N2O2S/c1-13(2)9-11(13)10-15-18(16,17)8-4-3-7-14-12-5-6-12/h11-12,14-15H,3-10H2,1-2H3. The van der Waals surface area contributed by atoms with Crippen LogP contribution in [0.25, 0.3) is 0 Å². The molecule has 18 heavy (non-hydrogen) atoms. The molecular weight excluding hydrogens is 248 g/mol. The first-order valence-electron chi connectivity index (χ1n) is 7.10. The minimum absolute atomic E-state index is 0.270. The van der Waals surface area contributed by atoms with Crippen LogP contribution in [0.3, 0.4) is 0 Å². The summed E-state index contributed by atoms with van der Waals surface area (Å²) >= 11 is 0. The van der Waals surface area contributed by atoms with E-state index in [2.05, 4.69) is 23.9 Å². The van der Waals surface area contributed by atoms with Crippen molar-refractivity contribution in [2.75, 3.05) is 18.8 Å². The van der Waals surface area contributed by atoms with E-state index in [1.807, 2.05) is 0 Å². The van der Waals surface area contributed by atoms with Crippen molar-refractivity contribution >= 4 is 10.0 Å². The highest BCUT2D eigenvalue weighted by Crippen LogP contribution is 2.51. The lowest BCUT2D eigenvalue weighted by atomic mass is 10.1. The molecule has 1 atom stereocenters. The predicted octanol–water partition coefficient (Wildman–Crippen LogP) is 1.48. The molecule has 2 saturated carbocycles. The third-order valence-corrected chi connectivity index (χ3v) is 5.55. The van der Waals surface area contributed by atoms with Gasteiger partial charge < -0.3 is 5.32 Å². The summed E-state index contributed by atoms with van der Waals surface area (Å²) in [5, 5.41) is 3.40. The summed E-state index contributed by atoms with van der Waals surface area (Å²) in [6.45, 7) is 5.95. The van der Waals surface area contributed by atoms with Crippen LogP contribution in [0.5, 0.6) is 0 Å². The first-order chi connectivity index (χ1) is 8.39. The van der Waals surface area contributed by atoms with Gasteiger partial charge in [-0.15, -0.1) is 0 Å². The molecule has 2 aliphatic rings. The third kappa shape index (κ3) is 4.86. The highest BCUT2D eigenvalue weighted by atomic mass is 32.2. The molecule has 0 amide bonds. The lowest BCUT2D eigenvalue weighted by molar-refractivity contribution is 0.535. The van der Waals surface area contributed by atoms with Crippen molar-refractivity contribution in [1.29, 1.82) is 0 Å². The van der Waals surface area contributed by atoms with Gasteiger partial charge in [-0.25, -0.2) is 13.1 Å². The second-order valence-corrected chi connectivity index (χ2v) is 8.42. The van der Waals surface area contributed by atoms with Gasteiger partial charge in [-0.3, -0.25) is 0 Å². The van der Waals surface area contributed by atoms with Gasteiger partial charge in [-0.1, -0.05) is 13.8 Å². The average Bonchev–Trinajstić information content (AvgIpc) is 3.14. The lowest BCUT2D eigenvalue weighted by Crippen LogP contribution is -2.29. The fourth-order valence-electron chi connectivity index (χ4n) is 2.24. The van der Waals surface area contributed by atoms with Crippen molar-refractivity contribution in [3.8, 4) is 0 Å². The molecule has 2 N–H and O–H groups in total. The van der Waals surface area contributed by atoms with E-state index in [4.69, 9.17) is 0 Å². The highest BCUT2D eigenvalue weighted by molar-refractivity contribution is 7.89. The Labute approximate surface area is 111 Å². The van der Waals surface area contributed by atoms with Crippen molar-refractivity contribution in [2.24, 2.45) is 11.3 Å². The third-order valence-electron chi connectivity index (χ3n) is 4.12. The van der Waals surface area contributed by atoms with Crippen LogP contribution in [-0.4, -0.2) is 33.3 Å². The normalized spacial score (nSPS) is 26.2. The van der Waals surface area contributed by atoms with Crippen molar-refractivity contribution in [3.63, 3.8) is 0 Å². The van der Waals surface area contributed by atoms with Crippen molar-refractivity contribution in [3.05, 3.63) is 0 Å². The number of rotatable bonds is 9. The fraction of sp³-hybridized carbons (Fsp3) is 1.00. The highest BCUT2D eigenvalue weighted by Gasteiger charge is 2.45. The van der Waals surface area contributed by atoms with E-state index in [9.17, 15) is 8.42 Å². The predicted molar refractivity (Wildman–Crippen MR) is 73.9 cm³/mol. The van der Waals surface area contributed by atoms with Crippen LogP contribution in [-0.2, 0) is 10.0 Å². The molecule has 0 heterocycles. The average molecular weight is 274 g/mol. The number of unbranched alkanes of at least 4 members (excludes halogenated alkanes) is 1. The van der Waals surface area contributed by atoms with Gasteiger partial charge in [0.2, 0.25) is 10.0 Å². The zero-order valence-corrected chi connectivity index (χ0v) is 12.4. The fourth-order valence-corrected chi connectivity index (χ4v) is 3.42. The zero-order valence-electron chi connectivity index (χ0n) is 11.5. The van der Waals surface area contributed by atoms with Crippen LogP contribution in [0.2, 0.25) is 0 Å². The molecule has 0 spiro atoms. The molecule has 0 aromatic heterocycles. The van der Waals surface area contributed by atoms with E-state index >= 15 is 0 Å². The molecule has 2 rings (SSSR count). The van der Waals surface area contributed by atoms with Crippen molar-refractivity contribution in [2.45, 2.75) is 52.0 Å². The van der Waals surface area contributed by atoms with Gasteiger partial charge in [0.1, 0.15) is 0 Å². The zero-order chi connectivity index (χ0) is 13.2. The molecule has 0 radical (unpaired) electrons. The summed E-state index contributed by atoms with van der Waals surface area (Å²) in [6.07, 6.45) is 5.42. The van der Waals surface area contributed by atoms with Crippen LogP contribution >= 0.6 is 0 Å². The molecule has 4 nitrogen and oxygen atoms in total. The summed E-state index contributed by atoms with van der Waals surface area (Å²) in [5.41, 5.74) is 0.344. The Balaban J connectivity index is 1.52. The summed E-state index contributed by atoms with van der Waals surface area (Å²) in [7, 11) is -3.05. The Bertz CT molecular complexity index is 374. The Morgan fingerprint density at radius 1 is 1.22 bits per heavy atom. The maximum absolute atomic E-state index is 11.8. The van der Waals surface area contributed by atoms with E-state index in [1.54, 1.807) is 0 Å². The SMILES string of the molecule is CC1(C)CC1CNS(=O)(=O)CCCCNC1CC1. The maximum Gasteiger partial charge on any atom is 0.211 e. The van der Waals surface area contributed by atoms with Gasteiger partial charge in [-0.2, -0.15) is 0 Å². The van der Waals surface area contributed by atoms with Crippen LogP contribution in [0.15, 0.2) is 0 Å². The van der Waals surface area contributed by atoms with Crippen LogP contribution < -0.4 is 10.0 Å². The molecule has 0 aromatic carbocycles. The van der Waals surface area contributed by atoms with Crippen molar-refractivity contribution < 1.29 is 8.42 Å². The number of sulfonamides is 1. The topological polar surface area (TPSA) is 58.2 Å². The molecule has 0 bridgehead atoms. The van der Waals surface area contributed by atoms with E-state index in [1.165, 1.54) is 12.8 Å². The van der Waals surface area contributed by atoms with Gasteiger partial charge in [0.25, 0.3) is 0 Å². The van der Waals surface area contributed by atoms with Crippen LogP contribution in [0.4, 0.5) is 0 Å². The second-order valence-electron chi connectivity index (χ2n) is 6.49. The Kier molecular flexibility index (Phi) is 4.34. The second kappa shape index (κ2) is 5.47. The molecule has 106 valence electrons. The number of hydrogen-bond donors (Lipinski definition) is 2. The van der Waals surface area contributed by atoms with E-state index in [0.29, 0.717) is 17.9 Å². The van der Waals surface area contributed by atoms with E-state index in [0.717, 1.165) is 31.8 Å². The minimum Gasteiger partial charge on any atom is -0.314 e. The van der Waals surface area contributed by atoms with Crippen LogP contribution in [0.1, 0.15) is 46.0 Å². The van der Waals surface area contributed by atoms with Gasteiger partial charge >= 0.3 is 0 Å². The van der Waals surface area contributed by atoms with Gasteiger partial charge in [0.05, 0.1) is 5.75 Å². The molecule has 1 unspecified atom stereocenters.